The van der Waals surface area contributed by atoms with Gasteiger partial charge < -0.3 is 9.88 Å². The maximum Gasteiger partial charge on any atom is 0.272 e. The fourth-order valence-electron chi connectivity index (χ4n) is 2.91. The van der Waals surface area contributed by atoms with Gasteiger partial charge in [0, 0.05) is 18.6 Å². The summed E-state index contributed by atoms with van der Waals surface area (Å²) < 4.78 is 1.57. The van der Waals surface area contributed by atoms with Gasteiger partial charge >= 0.3 is 0 Å². The Morgan fingerprint density at radius 1 is 1.35 bits per heavy atom. The van der Waals surface area contributed by atoms with Gasteiger partial charge in [-0.15, -0.1) is 0 Å². The fourth-order valence-corrected chi connectivity index (χ4v) is 3.08. The molecule has 3 rings (SSSR count). The van der Waals surface area contributed by atoms with Gasteiger partial charge in [0.25, 0.3) is 11.5 Å². The van der Waals surface area contributed by atoms with Crippen LogP contribution in [0.4, 0.5) is 0 Å². The molecule has 0 aliphatic heterocycles. The average Bonchev–Trinajstić information content (AvgIpc) is 2.91. The van der Waals surface area contributed by atoms with Gasteiger partial charge in [-0.1, -0.05) is 18.5 Å². The molecule has 3 aromatic rings. The van der Waals surface area contributed by atoms with Gasteiger partial charge in [-0.05, 0) is 37.6 Å². The minimum absolute atomic E-state index is 0.149. The fraction of sp³-hybridized carbons (Fsp3) is 0.333. The van der Waals surface area contributed by atoms with Crippen LogP contribution in [0.15, 0.2) is 29.1 Å². The highest BCUT2D eigenvalue weighted by Gasteiger charge is 2.20. The number of fused-ring (bicyclic) bond motifs is 1. The summed E-state index contributed by atoms with van der Waals surface area (Å²) >= 11 is 6.00. The molecule has 0 atom stereocenters. The third-order valence-electron chi connectivity index (χ3n) is 4.06. The zero-order valence-corrected chi connectivity index (χ0v) is 15.7. The second kappa shape index (κ2) is 7.29. The molecule has 0 unspecified atom stereocenters. The van der Waals surface area contributed by atoms with Crippen LogP contribution >= 0.6 is 11.6 Å². The van der Waals surface area contributed by atoms with Gasteiger partial charge in [0.05, 0.1) is 23.1 Å². The number of hydrogen-bond acceptors (Lipinski definition) is 4. The van der Waals surface area contributed by atoms with Gasteiger partial charge in [0.15, 0.2) is 0 Å². The van der Waals surface area contributed by atoms with Gasteiger partial charge in [0.2, 0.25) is 0 Å². The summed E-state index contributed by atoms with van der Waals surface area (Å²) in [6, 6.07) is 6.69. The molecule has 0 saturated carbocycles. The Kier molecular flexibility index (Phi) is 5.08. The molecule has 0 fully saturated rings. The summed E-state index contributed by atoms with van der Waals surface area (Å²) in [6.45, 7) is 4.58. The molecule has 0 radical (unpaired) electrons. The van der Waals surface area contributed by atoms with Crippen molar-refractivity contribution in [2.24, 2.45) is 7.05 Å². The largest absolute Gasteiger partial charge is 0.330 e. The van der Waals surface area contributed by atoms with E-state index in [1.807, 2.05) is 13.8 Å². The highest BCUT2D eigenvalue weighted by Crippen LogP contribution is 2.16. The van der Waals surface area contributed by atoms with Crippen molar-refractivity contribution in [3.8, 4) is 0 Å². The number of aromatic amines is 1. The van der Waals surface area contributed by atoms with Crippen LogP contribution in [-0.4, -0.2) is 37.1 Å². The summed E-state index contributed by atoms with van der Waals surface area (Å²) in [5.41, 5.74) is 1.54. The van der Waals surface area contributed by atoms with Gasteiger partial charge in [-0.25, -0.2) is 4.98 Å². The average molecular weight is 374 g/mol. The van der Waals surface area contributed by atoms with E-state index in [1.54, 1.807) is 40.9 Å². The van der Waals surface area contributed by atoms with E-state index in [0.717, 1.165) is 12.1 Å². The lowest BCUT2D eigenvalue weighted by Crippen LogP contribution is -2.34. The van der Waals surface area contributed by atoms with E-state index in [-0.39, 0.29) is 18.0 Å². The SMILES string of the molecule is CCCN(Cc1nc2cc(Cl)ccc2c(=O)[nH]1)C(=O)c1cc(C)nn1C. The highest BCUT2D eigenvalue weighted by atomic mass is 35.5. The van der Waals surface area contributed by atoms with Crippen LogP contribution < -0.4 is 5.56 Å². The van der Waals surface area contributed by atoms with Crippen LogP contribution in [0.3, 0.4) is 0 Å². The molecule has 0 saturated heterocycles. The van der Waals surface area contributed by atoms with Crippen LogP contribution in [0, 0.1) is 6.92 Å². The van der Waals surface area contributed by atoms with Crippen LogP contribution in [0.5, 0.6) is 0 Å². The first kappa shape index (κ1) is 18.1. The zero-order valence-electron chi connectivity index (χ0n) is 14.9. The minimum Gasteiger partial charge on any atom is -0.330 e. The number of rotatable bonds is 5. The number of hydrogen-bond donors (Lipinski definition) is 1. The number of nitrogens with one attached hydrogen (secondary N) is 1. The molecule has 1 amide bonds. The number of H-pyrrole nitrogens is 1. The Morgan fingerprint density at radius 3 is 2.77 bits per heavy atom. The van der Waals surface area contributed by atoms with Crippen LogP contribution in [-0.2, 0) is 13.6 Å². The first-order valence-electron chi connectivity index (χ1n) is 8.37. The third-order valence-corrected chi connectivity index (χ3v) is 4.30. The molecule has 7 nitrogen and oxygen atoms in total. The van der Waals surface area contributed by atoms with Gasteiger partial charge in [-0.3, -0.25) is 14.3 Å². The Hall–Kier alpha value is -2.67. The molecule has 0 aliphatic carbocycles. The van der Waals surface area contributed by atoms with Crippen LogP contribution in [0.2, 0.25) is 5.02 Å². The Balaban J connectivity index is 1.95. The van der Waals surface area contributed by atoms with Crippen molar-refractivity contribution in [1.29, 1.82) is 0 Å². The van der Waals surface area contributed by atoms with Crippen LogP contribution in [0.1, 0.15) is 35.4 Å². The molecule has 136 valence electrons. The summed E-state index contributed by atoms with van der Waals surface area (Å²) in [7, 11) is 1.74. The molecular weight excluding hydrogens is 354 g/mol. The van der Waals surface area contributed by atoms with E-state index in [4.69, 9.17) is 11.6 Å². The second-order valence-electron chi connectivity index (χ2n) is 6.20. The number of carbonyl (C=O) groups excluding carboxylic acids is 1. The molecule has 0 aliphatic rings. The molecule has 2 heterocycles. The van der Waals surface area contributed by atoms with Crippen molar-refractivity contribution in [3.63, 3.8) is 0 Å². The molecule has 1 aromatic carbocycles. The lowest BCUT2D eigenvalue weighted by Gasteiger charge is -2.21. The first-order chi connectivity index (χ1) is 12.4. The number of benzene rings is 1. The quantitative estimate of drug-likeness (QED) is 0.745. The maximum atomic E-state index is 12.9. The molecule has 0 bridgehead atoms. The molecule has 26 heavy (non-hydrogen) atoms. The van der Waals surface area contributed by atoms with Crippen molar-refractivity contribution in [2.75, 3.05) is 6.54 Å². The smallest absolute Gasteiger partial charge is 0.272 e. The third kappa shape index (κ3) is 3.62. The second-order valence-corrected chi connectivity index (χ2v) is 6.63. The van der Waals surface area contributed by atoms with E-state index in [2.05, 4.69) is 15.1 Å². The number of aryl methyl sites for hydroxylation is 2. The topological polar surface area (TPSA) is 83.9 Å². The predicted molar refractivity (Wildman–Crippen MR) is 100 cm³/mol. The summed E-state index contributed by atoms with van der Waals surface area (Å²) in [5.74, 6) is 0.272. The predicted octanol–water partition coefficient (Wildman–Crippen LogP) is 2.67. The molecule has 0 spiro atoms. The van der Waals surface area contributed by atoms with E-state index < -0.39 is 0 Å². The number of carbonyl (C=O) groups is 1. The lowest BCUT2D eigenvalue weighted by molar-refractivity contribution is 0.0727. The minimum atomic E-state index is -0.248. The van der Waals surface area contributed by atoms with E-state index in [1.165, 1.54) is 0 Å². The summed E-state index contributed by atoms with van der Waals surface area (Å²) in [5, 5.41) is 5.20. The summed E-state index contributed by atoms with van der Waals surface area (Å²) in [6.07, 6.45) is 0.784. The van der Waals surface area contributed by atoms with Crippen molar-refractivity contribution in [2.45, 2.75) is 26.8 Å². The zero-order chi connectivity index (χ0) is 18.8. The van der Waals surface area contributed by atoms with Crippen molar-refractivity contribution in [1.82, 2.24) is 24.6 Å². The summed E-state index contributed by atoms with van der Waals surface area (Å²) in [4.78, 5) is 34.1. The van der Waals surface area contributed by atoms with Crippen molar-refractivity contribution in [3.05, 3.63) is 56.9 Å². The lowest BCUT2D eigenvalue weighted by atomic mass is 10.2. The first-order valence-corrected chi connectivity index (χ1v) is 8.75. The van der Waals surface area contributed by atoms with Crippen molar-refractivity contribution >= 4 is 28.4 Å². The standard InChI is InChI=1S/C18H20ClN5O2/c1-4-7-24(18(26)15-8-11(2)22-23(15)3)10-16-20-14-9-12(19)5-6-13(14)17(25)21-16/h5-6,8-9H,4,7,10H2,1-3H3,(H,20,21,25). The van der Waals surface area contributed by atoms with Crippen molar-refractivity contribution < 1.29 is 4.79 Å². The van der Waals surface area contributed by atoms with Gasteiger partial charge in [-0.2, -0.15) is 5.10 Å². The number of halogens is 1. The molecular formula is C18H20ClN5O2. The highest BCUT2D eigenvalue weighted by molar-refractivity contribution is 6.31. The number of aromatic nitrogens is 4. The molecule has 2 aromatic heterocycles. The van der Waals surface area contributed by atoms with E-state index in [9.17, 15) is 9.59 Å². The number of amides is 1. The molecule has 1 N–H and O–H groups in total. The van der Waals surface area contributed by atoms with Crippen LogP contribution in [0.25, 0.3) is 10.9 Å². The monoisotopic (exact) mass is 373 g/mol. The Bertz CT molecular complexity index is 1020. The molecule has 8 heteroatoms. The van der Waals surface area contributed by atoms with E-state index >= 15 is 0 Å². The van der Waals surface area contributed by atoms with Gasteiger partial charge in [0.1, 0.15) is 11.5 Å². The Morgan fingerprint density at radius 2 is 2.12 bits per heavy atom. The number of nitrogens with zero attached hydrogens (tertiary/aromatic N) is 4. The van der Waals surface area contributed by atoms with E-state index in [0.29, 0.717) is 34.0 Å². The maximum absolute atomic E-state index is 12.9. The Labute approximate surface area is 155 Å². The normalized spacial score (nSPS) is 11.1.